The van der Waals surface area contributed by atoms with Gasteiger partial charge in [-0.2, -0.15) is 0 Å². The fourth-order valence-electron chi connectivity index (χ4n) is 0.978. The molecule has 1 unspecified atom stereocenters. The Labute approximate surface area is 80.6 Å². The molecule has 0 saturated carbocycles. The molecule has 1 aromatic carbocycles. The Morgan fingerprint density at radius 2 is 1.79 bits per heavy atom. The van der Waals surface area contributed by atoms with Crippen molar-refractivity contribution < 1.29 is 20.1 Å². The molecule has 0 spiro atoms. The Bertz CT molecular complexity index is 299. The van der Waals surface area contributed by atoms with Crippen LogP contribution < -0.4 is 5.32 Å². The summed E-state index contributed by atoms with van der Waals surface area (Å²) < 4.78 is 0. The van der Waals surface area contributed by atoms with Gasteiger partial charge < -0.3 is 20.6 Å². The first-order chi connectivity index (χ1) is 6.61. The van der Waals surface area contributed by atoms with E-state index in [0.717, 1.165) is 0 Å². The van der Waals surface area contributed by atoms with Crippen molar-refractivity contribution in [2.45, 2.75) is 12.3 Å². The molecule has 1 rings (SSSR count). The van der Waals surface area contributed by atoms with Crippen LogP contribution in [0.15, 0.2) is 30.3 Å². The summed E-state index contributed by atoms with van der Waals surface area (Å²) in [6.45, 7) is 0. The predicted octanol–water partition coefficient (Wildman–Crippen LogP) is -0.138. The number of anilines is 1. The summed E-state index contributed by atoms with van der Waals surface area (Å²) in [5.74, 6) is -1.32. The first-order valence-electron chi connectivity index (χ1n) is 4.02. The molecule has 1 atom stereocenters. The Hall–Kier alpha value is -1.59. The molecule has 0 amide bonds. The monoisotopic (exact) mass is 197 g/mol. The Kier molecular flexibility index (Phi) is 3.44. The van der Waals surface area contributed by atoms with Gasteiger partial charge in [-0.1, -0.05) is 18.2 Å². The predicted molar refractivity (Wildman–Crippen MR) is 49.7 cm³/mol. The minimum Gasteiger partial charge on any atom is -0.480 e. The van der Waals surface area contributed by atoms with Crippen molar-refractivity contribution in [1.82, 2.24) is 0 Å². The molecule has 14 heavy (non-hydrogen) atoms. The first kappa shape index (κ1) is 10.5. The van der Waals surface area contributed by atoms with Gasteiger partial charge in [0.2, 0.25) is 0 Å². The smallest absolute Gasteiger partial charge is 0.331 e. The van der Waals surface area contributed by atoms with E-state index in [1.165, 1.54) is 0 Å². The molecular formula is C9H11NO4. The van der Waals surface area contributed by atoms with E-state index in [1.807, 2.05) is 0 Å². The minimum absolute atomic E-state index is 0.521. The molecule has 0 bridgehead atoms. The molecule has 0 saturated heterocycles. The van der Waals surface area contributed by atoms with E-state index in [4.69, 9.17) is 15.3 Å². The van der Waals surface area contributed by atoms with E-state index in [1.54, 1.807) is 30.3 Å². The van der Waals surface area contributed by atoms with Crippen molar-refractivity contribution in [1.29, 1.82) is 0 Å². The number of hydrogen-bond donors (Lipinski definition) is 4. The van der Waals surface area contributed by atoms with Crippen LogP contribution in [-0.2, 0) is 4.79 Å². The molecule has 0 aromatic heterocycles. The summed E-state index contributed by atoms with van der Waals surface area (Å²) in [7, 11) is 0. The van der Waals surface area contributed by atoms with Crippen LogP contribution in [0.4, 0.5) is 5.69 Å². The molecule has 0 fully saturated rings. The van der Waals surface area contributed by atoms with Crippen molar-refractivity contribution in [2.24, 2.45) is 0 Å². The highest BCUT2D eigenvalue weighted by atomic mass is 16.5. The third kappa shape index (κ3) is 2.72. The fraction of sp³-hybridized carbons (Fsp3) is 0.222. The second kappa shape index (κ2) is 4.59. The Morgan fingerprint density at radius 3 is 2.21 bits per heavy atom. The van der Waals surface area contributed by atoms with Crippen molar-refractivity contribution >= 4 is 11.7 Å². The lowest BCUT2D eigenvalue weighted by Crippen LogP contribution is -2.40. The number of hydrogen-bond acceptors (Lipinski definition) is 4. The summed E-state index contributed by atoms with van der Waals surface area (Å²) in [4.78, 5) is 10.6. The highest BCUT2D eigenvalue weighted by Gasteiger charge is 2.24. The van der Waals surface area contributed by atoms with Crippen molar-refractivity contribution in [3.05, 3.63) is 30.3 Å². The zero-order valence-corrected chi connectivity index (χ0v) is 7.29. The van der Waals surface area contributed by atoms with Crippen molar-refractivity contribution in [3.63, 3.8) is 0 Å². The summed E-state index contributed by atoms with van der Waals surface area (Å²) in [5.41, 5.74) is 0.521. The SMILES string of the molecule is O=C(O)C(Nc1ccccc1)C(O)O. The van der Waals surface area contributed by atoms with E-state index in [2.05, 4.69) is 5.32 Å². The van der Waals surface area contributed by atoms with Crippen LogP contribution in [0.1, 0.15) is 0 Å². The molecule has 0 heterocycles. The number of nitrogens with one attached hydrogen (secondary N) is 1. The lowest BCUT2D eigenvalue weighted by Gasteiger charge is -2.16. The summed E-state index contributed by atoms with van der Waals surface area (Å²) >= 11 is 0. The van der Waals surface area contributed by atoms with Crippen LogP contribution in [0.2, 0.25) is 0 Å². The number of aliphatic carboxylic acids is 1. The van der Waals surface area contributed by atoms with Crippen LogP contribution in [0.3, 0.4) is 0 Å². The molecule has 0 aliphatic carbocycles. The van der Waals surface area contributed by atoms with Gasteiger partial charge in [0.15, 0.2) is 12.3 Å². The van der Waals surface area contributed by atoms with Gasteiger partial charge in [-0.25, -0.2) is 4.79 Å². The van der Waals surface area contributed by atoms with Gasteiger partial charge in [-0.3, -0.25) is 0 Å². The molecule has 0 aliphatic rings. The van der Waals surface area contributed by atoms with Gasteiger partial charge in [0.25, 0.3) is 0 Å². The van der Waals surface area contributed by atoms with Gasteiger partial charge in [-0.05, 0) is 12.1 Å². The molecule has 4 N–H and O–H groups in total. The molecule has 0 aliphatic heterocycles. The average Bonchev–Trinajstić information content (AvgIpc) is 2.15. The lowest BCUT2D eigenvalue weighted by atomic mass is 10.2. The summed E-state index contributed by atoms with van der Waals surface area (Å²) in [6.07, 6.45) is -1.94. The van der Waals surface area contributed by atoms with Gasteiger partial charge in [0.1, 0.15) is 0 Å². The number of carboxylic acids is 1. The number of aliphatic hydroxyl groups excluding tert-OH is 1. The van der Waals surface area contributed by atoms with E-state index in [-0.39, 0.29) is 0 Å². The number of aliphatic hydroxyl groups is 2. The standard InChI is InChI=1S/C9H11NO4/c11-8(12)7(9(13)14)10-6-4-2-1-3-5-6/h1-5,7-8,10-12H,(H,13,14). The number of rotatable bonds is 4. The second-order valence-corrected chi connectivity index (χ2v) is 2.74. The molecule has 1 aromatic rings. The quantitative estimate of drug-likeness (QED) is 0.504. The maximum atomic E-state index is 10.6. The van der Waals surface area contributed by atoms with Gasteiger partial charge in [0.05, 0.1) is 0 Å². The Morgan fingerprint density at radius 1 is 1.21 bits per heavy atom. The van der Waals surface area contributed by atoms with Crippen LogP contribution in [0.5, 0.6) is 0 Å². The van der Waals surface area contributed by atoms with Gasteiger partial charge in [0, 0.05) is 5.69 Å². The topological polar surface area (TPSA) is 89.8 Å². The van der Waals surface area contributed by atoms with E-state index >= 15 is 0 Å². The van der Waals surface area contributed by atoms with Gasteiger partial charge >= 0.3 is 5.97 Å². The van der Waals surface area contributed by atoms with E-state index < -0.39 is 18.3 Å². The lowest BCUT2D eigenvalue weighted by molar-refractivity contribution is -0.147. The zero-order chi connectivity index (χ0) is 10.6. The highest BCUT2D eigenvalue weighted by Crippen LogP contribution is 2.08. The summed E-state index contributed by atoms with van der Waals surface area (Å²) in [6, 6.07) is 7.06. The fourth-order valence-corrected chi connectivity index (χ4v) is 0.978. The van der Waals surface area contributed by atoms with E-state index in [9.17, 15) is 4.79 Å². The van der Waals surface area contributed by atoms with Crippen LogP contribution in [0, 0.1) is 0 Å². The second-order valence-electron chi connectivity index (χ2n) is 2.74. The largest absolute Gasteiger partial charge is 0.480 e. The number of para-hydroxylation sites is 1. The first-order valence-corrected chi connectivity index (χ1v) is 4.02. The highest BCUT2D eigenvalue weighted by molar-refractivity contribution is 5.77. The number of carboxylic acid groups (broad SMARTS) is 1. The zero-order valence-electron chi connectivity index (χ0n) is 7.29. The maximum Gasteiger partial charge on any atom is 0.331 e. The van der Waals surface area contributed by atoms with Gasteiger partial charge in [-0.15, -0.1) is 0 Å². The normalized spacial score (nSPS) is 12.5. The third-order valence-electron chi connectivity index (χ3n) is 1.66. The molecule has 76 valence electrons. The minimum atomic E-state index is -1.94. The third-order valence-corrected chi connectivity index (χ3v) is 1.66. The Balaban J connectivity index is 2.70. The maximum absolute atomic E-state index is 10.6. The van der Waals surface area contributed by atoms with Crippen LogP contribution in [-0.4, -0.2) is 33.6 Å². The number of benzene rings is 1. The molecule has 5 nitrogen and oxygen atoms in total. The average molecular weight is 197 g/mol. The molecular weight excluding hydrogens is 186 g/mol. The van der Waals surface area contributed by atoms with Crippen LogP contribution >= 0.6 is 0 Å². The molecule has 0 radical (unpaired) electrons. The summed E-state index contributed by atoms with van der Waals surface area (Å²) in [5, 5.41) is 28.6. The van der Waals surface area contributed by atoms with Crippen molar-refractivity contribution in [3.8, 4) is 0 Å². The van der Waals surface area contributed by atoms with E-state index in [0.29, 0.717) is 5.69 Å². The molecule has 5 heteroatoms. The number of carbonyl (C=O) groups is 1. The van der Waals surface area contributed by atoms with Crippen LogP contribution in [0.25, 0.3) is 0 Å². The van der Waals surface area contributed by atoms with Crippen molar-refractivity contribution in [2.75, 3.05) is 5.32 Å².